The Kier molecular flexibility index (Phi) is 5.12. The molecule has 0 aromatic carbocycles. The lowest BCUT2D eigenvalue weighted by atomic mass is 10.0. The number of piperidine rings is 1. The van der Waals surface area contributed by atoms with E-state index in [0.717, 1.165) is 48.8 Å². The number of rotatable bonds is 2. The van der Waals surface area contributed by atoms with Crippen LogP contribution in [0.25, 0.3) is 0 Å². The summed E-state index contributed by atoms with van der Waals surface area (Å²) in [5.74, 6) is 1.71. The molecular weight excluding hydrogens is 290 g/mol. The molecule has 1 aromatic heterocycles. The molecule has 0 aliphatic carbocycles. The van der Waals surface area contributed by atoms with Crippen LogP contribution in [0.3, 0.4) is 0 Å². The van der Waals surface area contributed by atoms with Crippen molar-refractivity contribution in [2.75, 3.05) is 18.4 Å². The lowest BCUT2D eigenvalue weighted by molar-refractivity contribution is 0.175. The summed E-state index contributed by atoms with van der Waals surface area (Å²) in [5, 5.41) is 6.55. The van der Waals surface area contributed by atoms with Crippen LogP contribution < -0.4 is 10.6 Å². The molecule has 23 heavy (non-hydrogen) atoms. The van der Waals surface area contributed by atoms with E-state index in [1.54, 1.807) is 0 Å². The molecule has 128 valence electrons. The van der Waals surface area contributed by atoms with Gasteiger partial charge in [-0.2, -0.15) is 0 Å². The number of urea groups is 1. The smallest absolute Gasteiger partial charge is 0.317 e. The molecule has 6 heteroatoms. The van der Waals surface area contributed by atoms with Gasteiger partial charge in [-0.3, -0.25) is 0 Å². The fourth-order valence-corrected chi connectivity index (χ4v) is 2.73. The number of amides is 2. The van der Waals surface area contributed by atoms with Crippen LogP contribution in [-0.4, -0.2) is 45.6 Å². The van der Waals surface area contributed by atoms with Gasteiger partial charge in [0.25, 0.3) is 0 Å². The second kappa shape index (κ2) is 6.72. The Morgan fingerprint density at radius 1 is 1.13 bits per heavy atom. The lowest BCUT2D eigenvalue weighted by Crippen LogP contribution is -2.51. The fourth-order valence-electron chi connectivity index (χ4n) is 2.73. The van der Waals surface area contributed by atoms with Gasteiger partial charge in [0.05, 0.1) is 0 Å². The number of nitrogens with zero attached hydrogens (tertiary/aromatic N) is 3. The van der Waals surface area contributed by atoms with Crippen LogP contribution >= 0.6 is 0 Å². The van der Waals surface area contributed by atoms with Crippen molar-refractivity contribution in [1.82, 2.24) is 20.2 Å². The number of nitrogens with one attached hydrogen (secondary N) is 2. The van der Waals surface area contributed by atoms with Crippen LogP contribution in [-0.2, 0) is 0 Å². The lowest BCUT2D eigenvalue weighted by Gasteiger charge is -2.35. The van der Waals surface area contributed by atoms with Crippen LogP contribution in [0, 0.1) is 20.8 Å². The third-order valence-corrected chi connectivity index (χ3v) is 4.11. The number of carbonyl (C=O) groups excluding carboxylic acids is 1. The Morgan fingerprint density at radius 3 is 2.30 bits per heavy atom. The number of hydrogen-bond acceptors (Lipinski definition) is 4. The van der Waals surface area contributed by atoms with Crippen molar-refractivity contribution in [3.05, 3.63) is 17.1 Å². The Morgan fingerprint density at radius 2 is 1.74 bits per heavy atom. The molecule has 0 bridgehead atoms. The zero-order chi connectivity index (χ0) is 17.2. The first-order valence-electron chi connectivity index (χ1n) is 8.31. The summed E-state index contributed by atoms with van der Waals surface area (Å²) in [4.78, 5) is 23.0. The predicted octanol–water partition coefficient (Wildman–Crippen LogP) is 2.79. The number of anilines is 1. The first-order chi connectivity index (χ1) is 10.7. The number of aromatic nitrogens is 2. The minimum Gasteiger partial charge on any atom is -0.367 e. The zero-order valence-corrected chi connectivity index (χ0v) is 15.2. The van der Waals surface area contributed by atoms with E-state index in [2.05, 4.69) is 20.6 Å². The summed E-state index contributed by atoms with van der Waals surface area (Å²) in [6, 6.07) is 0.377. The van der Waals surface area contributed by atoms with Gasteiger partial charge in [0.15, 0.2) is 0 Å². The van der Waals surface area contributed by atoms with E-state index < -0.39 is 0 Å². The summed E-state index contributed by atoms with van der Waals surface area (Å²) in [5.41, 5.74) is 1.92. The van der Waals surface area contributed by atoms with Crippen molar-refractivity contribution >= 4 is 11.8 Å². The van der Waals surface area contributed by atoms with Gasteiger partial charge in [-0.05, 0) is 54.4 Å². The molecule has 2 rings (SSSR count). The topological polar surface area (TPSA) is 70.2 Å². The van der Waals surface area contributed by atoms with E-state index >= 15 is 0 Å². The SMILES string of the molecule is Cc1nc(C)c(C)c(NC2CCN(C(=O)NC(C)(C)C)CC2)n1. The molecular formula is C17H29N5O. The van der Waals surface area contributed by atoms with Gasteiger partial charge in [0.2, 0.25) is 0 Å². The molecule has 1 fully saturated rings. The largest absolute Gasteiger partial charge is 0.367 e. The molecule has 2 heterocycles. The average molecular weight is 319 g/mol. The highest BCUT2D eigenvalue weighted by Gasteiger charge is 2.25. The van der Waals surface area contributed by atoms with Crippen molar-refractivity contribution in [2.45, 2.75) is 66.0 Å². The molecule has 1 saturated heterocycles. The van der Waals surface area contributed by atoms with E-state index in [4.69, 9.17) is 0 Å². The third kappa shape index (κ3) is 4.81. The number of aryl methyl sites for hydroxylation is 2. The van der Waals surface area contributed by atoms with Crippen molar-refractivity contribution in [3.63, 3.8) is 0 Å². The first-order valence-corrected chi connectivity index (χ1v) is 8.31. The summed E-state index contributed by atoms with van der Waals surface area (Å²) < 4.78 is 0. The Balaban J connectivity index is 1.92. The maximum atomic E-state index is 12.2. The summed E-state index contributed by atoms with van der Waals surface area (Å²) >= 11 is 0. The standard InChI is InChI=1S/C17H29N5O/c1-11-12(2)18-13(3)19-15(11)20-14-7-9-22(10-8-14)16(23)21-17(4,5)6/h14H,7-10H2,1-6H3,(H,21,23)(H,18,19,20). The molecule has 0 spiro atoms. The monoisotopic (exact) mass is 319 g/mol. The van der Waals surface area contributed by atoms with E-state index in [1.807, 2.05) is 46.4 Å². The van der Waals surface area contributed by atoms with Gasteiger partial charge >= 0.3 is 6.03 Å². The second-order valence-electron chi connectivity index (χ2n) is 7.42. The van der Waals surface area contributed by atoms with Gasteiger partial charge < -0.3 is 15.5 Å². The Labute approximate surface area is 139 Å². The summed E-state index contributed by atoms with van der Waals surface area (Å²) in [6.07, 6.45) is 1.86. The van der Waals surface area contributed by atoms with Crippen molar-refractivity contribution in [2.24, 2.45) is 0 Å². The minimum atomic E-state index is -0.195. The first kappa shape index (κ1) is 17.5. The van der Waals surface area contributed by atoms with E-state index in [9.17, 15) is 4.79 Å². The zero-order valence-electron chi connectivity index (χ0n) is 15.2. The molecule has 1 aliphatic rings. The van der Waals surface area contributed by atoms with E-state index in [-0.39, 0.29) is 11.6 Å². The molecule has 1 aromatic rings. The molecule has 2 amide bonds. The van der Waals surface area contributed by atoms with Gasteiger partial charge in [-0.15, -0.1) is 0 Å². The molecule has 0 saturated carbocycles. The quantitative estimate of drug-likeness (QED) is 0.879. The van der Waals surface area contributed by atoms with Gasteiger partial charge in [-0.1, -0.05) is 0 Å². The number of hydrogen-bond donors (Lipinski definition) is 2. The minimum absolute atomic E-state index is 0.0286. The number of likely N-dealkylation sites (tertiary alicyclic amines) is 1. The number of carbonyl (C=O) groups is 1. The second-order valence-corrected chi connectivity index (χ2v) is 7.42. The van der Waals surface area contributed by atoms with Crippen LogP contribution in [0.1, 0.15) is 50.7 Å². The third-order valence-electron chi connectivity index (χ3n) is 4.11. The summed E-state index contributed by atoms with van der Waals surface area (Å²) in [7, 11) is 0. The molecule has 0 radical (unpaired) electrons. The van der Waals surface area contributed by atoms with Crippen molar-refractivity contribution in [1.29, 1.82) is 0 Å². The Hall–Kier alpha value is -1.85. The molecule has 2 N–H and O–H groups in total. The van der Waals surface area contributed by atoms with Crippen LogP contribution in [0.15, 0.2) is 0 Å². The maximum absolute atomic E-state index is 12.2. The fraction of sp³-hybridized carbons (Fsp3) is 0.706. The molecule has 0 unspecified atom stereocenters. The highest BCUT2D eigenvalue weighted by Crippen LogP contribution is 2.20. The molecule has 6 nitrogen and oxygen atoms in total. The van der Waals surface area contributed by atoms with Crippen molar-refractivity contribution in [3.8, 4) is 0 Å². The van der Waals surface area contributed by atoms with E-state index in [1.165, 1.54) is 0 Å². The van der Waals surface area contributed by atoms with Crippen molar-refractivity contribution < 1.29 is 4.79 Å². The van der Waals surface area contributed by atoms with Crippen LogP contribution in [0.4, 0.5) is 10.6 Å². The van der Waals surface area contributed by atoms with Crippen LogP contribution in [0.2, 0.25) is 0 Å². The predicted molar refractivity (Wildman–Crippen MR) is 92.7 cm³/mol. The van der Waals surface area contributed by atoms with Gasteiger partial charge in [-0.25, -0.2) is 14.8 Å². The molecule has 1 aliphatic heterocycles. The van der Waals surface area contributed by atoms with Gasteiger partial charge in [0.1, 0.15) is 11.6 Å². The van der Waals surface area contributed by atoms with Crippen LogP contribution in [0.5, 0.6) is 0 Å². The van der Waals surface area contributed by atoms with Gasteiger partial charge in [0, 0.05) is 35.9 Å². The normalized spacial score (nSPS) is 16.3. The highest BCUT2D eigenvalue weighted by atomic mass is 16.2. The summed E-state index contributed by atoms with van der Waals surface area (Å²) in [6.45, 7) is 13.5. The highest BCUT2D eigenvalue weighted by molar-refractivity contribution is 5.75. The maximum Gasteiger partial charge on any atom is 0.317 e. The molecule has 0 atom stereocenters. The Bertz CT molecular complexity index is 571. The average Bonchev–Trinajstić information content (AvgIpc) is 2.43. The van der Waals surface area contributed by atoms with E-state index in [0.29, 0.717) is 6.04 Å².